The smallest absolute Gasteiger partial charge is 0.226 e. The Morgan fingerprint density at radius 2 is 1.91 bits per heavy atom. The summed E-state index contributed by atoms with van der Waals surface area (Å²) >= 11 is 0. The van der Waals surface area contributed by atoms with Gasteiger partial charge in [-0.05, 0) is 45.2 Å². The van der Waals surface area contributed by atoms with Crippen molar-refractivity contribution < 1.29 is 9.90 Å². The standard InChI is InChI=1S/C16H25N5O2/c22-13-8-12(9-13)16(23)20-6-3-7-21-15(11-20)14(17-18-21)10-19-4-1-2-5-19/h12-13,22H,1-11H2. The Kier molecular flexibility index (Phi) is 4.07. The monoisotopic (exact) mass is 319 g/mol. The van der Waals surface area contributed by atoms with Crippen molar-refractivity contribution >= 4 is 5.91 Å². The summed E-state index contributed by atoms with van der Waals surface area (Å²) in [5.74, 6) is 0.200. The normalized spacial score (nSPS) is 28.3. The van der Waals surface area contributed by atoms with Crippen LogP contribution in [0.15, 0.2) is 0 Å². The summed E-state index contributed by atoms with van der Waals surface area (Å²) in [5.41, 5.74) is 2.13. The molecule has 0 bridgehead atoms. The van der Waals surface area contributed by atoms with Crippen LogP contribution in [-0.2, 0) is 24.4 Å². The maximum absolute atomic E-state index is 12.6. The molecule has 0 aromatic carbocycles. The summed E-state index contributed by atoms with van der Waals surface area (Å²) < 4.78 is 1.98. The number of nitrogens with zero attached hydrogens (tertiary/aromatic N) is 5. The van der Waals surface area contributed by atoms with Crippen LogP contribution in [-0.4, -0.2) is 61.5 Å². The van der Waals surface area contributed by atoms with Crippen molar-refractivity contribution in [3.63, 3.8) is 0 Å². The zero-order valence-electron chi connectivity index (χ0n) is 13.5. The molecule has 0 atom stereocenters. The first-order valence-electron chi connectivity index (χ1n) is 8.81. The van der Waals surface area contributed by atoms with E-state index in [2.05, 4.69) is 15.2 Å². The zero-order chi connectivity index (χ0) is 15.8. The lowest BCUT2D eigenvalue weighted by Gasteiger charge is -2.34. The van der Waals surface area contributed by atoms with Gasteiger partial charge in [0.2, 0.25) is 5.91 Å². The number of likely N-dealkylation sites (tertiary alicyclic amines) is 1. The summed E-state index contributed by atoms with van der Waals surface area (Å²) in [7, 11) is 0. The number of fused-ring (bicyclic) bond motifs is 1. The SMILES string of the molecule is O=C(C1CC(O)C1)N1CCCn2nnc(CN3CCCC3)c2C1. The lowest BCUT2D eigenvalue weighted by atomic mass is 9.81. The molecule has 1 aromatic rings. The molecule has 3 aliphatic rings. The molecule has 2 fully saturated rings. The highest BCUT2D eigenvalue weighted by Crippen LogP contribution is 2.30. The van der Waals surface area contributed by atoms with E-state index in [1.807, 2.05) is 9.58 Å². The minimum Gasteiger partial charge on any atom is -0.393 e. The van der Waals surface area contributed by atoms with Crippen molar-refractivity contribution in [2.75, 3.05) is 19.6 Å². The fourth-order valence-corrected chi connectivity index (χ4v) is 3.90. The Labute approximate surface area is 136 Å². The van der Waals surface area contributed by atoms with E-state index in [9.17, 15) is 9.90 Å². The van der Waals surface area contributed by atoms with E-state index in [-0.39, 0.29) is 17.9 Å². The molecule has 3 heterocycles. The van der Waals surface area contributed by atoms with Crippen LogP contribution in [0.2, 0.25) is 0 Å². The van der Waals surface area contributed by atoms with E-state index in [0.29, 0.717) is 19.4 Å². The summed E-state index contributed by atoms with van der Waals surface area (Å²) in [5, 5.41) is 18.1. The number of carbonyl (C=O) groups excluding carboxylic acids is 1. The average molecular weight is 319 g/mol. The van der Waals surface area contributed by atoms with Gasteiger partial charge in [-0.2, -0.15) is 0 Å². The second kappa shape index (κ2) is 6.20. The number of aliphatic hydroxyl groups excluding tert-OH is 1. The van der Waals surface area contributed by atoms with Gasteiger partial charge in [-0.1, -0.05) is 5.21 Å². The Hall–Kier alpha value is -1.47. The van der Waals surface area contributed by atoms with Crippen LogP contribution in [0.4, 0.5) is 0 Å². The predicted octanol–water partition coefficient (Wildman–Crippen LogP) is 0.377. The van der Waals surface area contributed by atoms with Gasteiger partial charge in [0.25, 0.3) is 0 Å². The van der Waals surface area contributed by atoms with Gasteiger partial charge in [-0.3, -0.25) is 9.69 Å². The molecular weight excluding hydrogens is 294 g/mol. The topological polar surface area (TPSA) is 74.5 Å². The average Bonchev–Trinajstić information content (AvgIpc) is 3.09. The molecule has 0 radical (unpaired) electrons. The van der Waals surface area contributed by atoms with Crippen molar-refractivity contribution in [2.45, 2.75) is 57.8 Å². The van der Waals surface area contributed by atoms with Gasteiger partial charge >= 0.3 is 0 Å². The van der Waals surface area contributed by atoms with Crippen LogP contribution in [0.25, 0.3) is 0 Å². The van der Waals surface area contributed by atoms with Crippen molar-refractivity contribution in [3.05, 3.63) is 11.4 Å². The molecule has 7 nitrogen and oxygen atoms in total. The first-order valence-corrected chi connectivity index (χ1v) is 8.81. The molecule has 1 aromatic heterocycles. The molecule has 1 aliphatic carbocycles. The number of aromatic nitrogens is 3. The van der Waals surface area contributed by atoms with Gasteiger partial charge < -0.3 is 10.0 Å². The molecule has 126 valence electrons. The highest BCUT2D eigenvalue weighted by molar-refractivity contribution is 5.79. The molecule has 1 N–H and O–H groups in total. The second-order valence-electron chi connectivity index (χ2n) is 7.12. The predicted molar refractivity (Wildman–Crippen MR) is 83.3 cm³/mol. The maximum Gasteiger partial charge on any atom is 0.226 e. The third kappa shape index (κ3) is 2.99. The van der Waals surface area contributed by atoms with Gasteiger partial charge in [0, 0.05) is 25.6 Å². The Balaban J connectivity index is 1.48. The Morgan fingerprint density at radius 3 is 2.65 bits per heavy atom. The summed E-state index contributed by atoms with van der Waals surface area (Å²) in [4.78, 5) is 17.0. The van der Waals surface area contributed by atoms with E-state index in [4.69, 9.17) is 0 Å². The number of carbonyl (C=O) groups is 1. The van der Waals surface area contributed by atoms with Gasteiger partial charge in [-0.15, -0.1) is 5.10 Å². The first kappa shape index (κ1) is 15.1. The minimum absolute atomic E-state index is 0.00876. The van der Waals surface area contributed by atoms with Crippen molar-refractivity contribution in [1.29, 1.82) is 0 Å². The molecule has 0 spiro atoms. The van der Waals surface area contributed by atoms with Crippen molar-refractivity contribution in [1.82, 2.24) is 24.8 Å². The van der Waals surface area contributed by atoms with E-state index in [1.54, 1.807) is 0 Å². The van der Waals surface area contributed by atoms with Crippen LogP contribution in [0.1, 0.15) is 43.5 Å². The quantitative estimate of drug-likeness (QED) is 0.872. The number of aliphatic hydroxyl groups is 1. The molecule has 0 unspecified atom stereocenters. The van der Waals surface area contributed by atoms with Crippen LogP contribution in [0, 0.1) is 5.92 Å². The maximum atomic E-state index is 12.6. The number of hydrogen-bond acceptors (Lipinski definition) is 5. The largest absolute Gasteiger partial charge is 0.393 e. The number of rotatable bonds is 3. The Morgan fingerprint density at radius 1 is 1.13 bits per heavy atom. The summed E-state index contributed by atoms with van der Waals surface area (Å²) in [6, 6.07) is 0. The van der Waals surface area contributed by atoms with Crippen LogP contribution >= 0.6 is 0 Å². The molecule has 1 amide bonds. The summed E-state index contributed by atoms with van der Waals surface area (Å²) in [6.45, 7) is 5.34. The third-order valence-electron chi connectivity index (χ3n) is 5.40. The highest BCUT2D eigenvalue weighted by Gasteiger charge is 2.36. The van der Waals surface area contributed by atoms with E-state index in [1.165, 1.54) is 12.8 Å². The van der Waals surface area contributed by atoms with Gasteiger partial charge in [0.05, 0.1) is 18.3 Å². The third-order valence-corrected chi connectivity index (χ3v) is 5.40. The molecule has 2 aliphatic heterocycles. The second-order valence-corrected chi connectivity index (χ2v) is 7.12. The first-order chi connectivity index (χ1) is 11.2. The van der Waals surface area contributed by atoms with E-state index < -0.39 is 0 Å². The molecular formula is C16H25N5O2. The molecule has 7 heteroatoms. The van der Waals surface area contributed by atoms with E-state index in [0.717, 1.165) is 50.5 Å². The van der Waals surface area contributed by atoms with Gasteiger partial charge in [0.15, 0.2) is 0 Å². The fraction of sp³-hybridized carbons (Fsp3) is 0.812. The van der Waals surface area contributed by atoms with Crippen LogP contribution in [0.3, 0.4) is 0 Å². The van der Waals surface area contributed by atoms with Gasteiger partial charge in [0.1, 0.15) is 5.69 Å². The van der Waals surface area contributed by atoms with Crippen molar-refractivity contribution in [3.8, 4) is 0 Å². The zero-order valence-corrected chi connectivity index (χ0v) is 13.5. The lowest BCUT2D eigenvalue weighted by Crippen LogP contribution is -2.43. The molecule has 1 saturated heterocycles. The summed E-state index contributed by atoms with van der Waals surface area (Å²) in [6.07, 6.45) is 4.39. The fourth-order valence-electron chi connectivity index (χ4n) is 3.90. The lowest BCUT2D eigenvalue weighted by molar-refractivity contribution is -0.143. The number of aryl methyl sites for hydroxylation is 1. The van der Waals surface area contributed by atoms with Crippen LogP contribution < -0.4 is 0 Å². The Bertz CT molecular complexity index is 575. The molecule has 1 saturated carbocycles. The van der Waals surface area contributed by atoms with E-state index >= 15 is 0 Å². The van der Waals surface area contributed by atoms with Crippen molar-refractivity contribution in [2.24, 2.45) is 5.92 Å². The number of hydrogen-bond donors (Lipinski definition) is 1. The number of amides is 1. The van der Waals surface area contributed by atoms with Gasteiger partial charge in [-0.25, -0.2) is 4.68 Å². The molecule has 23 heavy (non-hydrogen) atoms. The molecule has 4 rings (SSSR count). The van der Waals surface area contributed by atoms with Crippen LogP contribution in [0.5, 0.6) is 0 Å². The highest BCUT2D eigenvalue weighted by atomic mass is 16.3. The minimum atomic E-state index is -0.283.